The molecule has 1 heterocycles. The van der Waals surface area contributed by atoms with E-state index >= 15 is 0 Å². The van der Waals surface area contributed by atoms with Gasteiger partial charge in [-0.25, -0.2) is 0 Å². The monoisotopic (exact) mass is 394 g/mol. The van der Waals surface area contributed by atoms with Gasteiger partial charge in [-0.3, -0.25) is 14.4 Å². The Labute approximate surface area is 170 Å². The number of aliphatic carboxylic acids is 1. The maximum atomic E-state index is 12.5. The van der Waals surface area contributed by atoms with Gasteiger partial charge in [0.15, 0.2) is 0 Å². The van der Waals surface area contributed by atoms with Crippen LogP contribution in [0.15, 0.2) is 54.6 Å². The van der Waals surface area contributed by atoms with Crippen molar-refractivity contribution < 1.29 is 19.5 Å². The van der Waals surface area contributed by atoms with Gasteiger partial charge in [0.1, 0.15) is 0 Å². The number of nitrogens with zero attached hydrogens (tertiary/aromatic N) is 1. The van der Waals surface area contributed by atoms with Crippen LogP contribution in [0, 0.1) is 18.8 Å². The number of carbonyl (C=O) groups excluding carboxylic acids is 2. The molecule has 2 atom stereocenters. The Morgan fingerprint density at radius 1 is 1.14 bits per heavy atom. The molecule has 29 heavy (non-hydrogen) atoms. The Bertz CT molecular complexity index is 881. The van der Waals surface area contributed by atoms with E-state index in [4.69, 9.17) is 0 Å². The molecular formula is C23H26N2O4. The van der Waals surface area contributed by atoms with Crippen LogP contribution in [0.5, 0.6) is 0 Å². The standard InChI is InChI=1S/C23H26N2O4/c1-16-6-5-9-18(10-16)11-19(23(28)29)13-24-22(27)20-12-21(26)25(15-20)14-17-7-3-2-4-8-17/h2-10,19-20H,11-15H2,1H3,(H,24,27)(H,28,29). The first-order chi connectivity index (χ1) is 13.9. The summed E-state index contributed by atoms with van der Waals surface area (Å²) in [4.78, 5) is 38.1. The summed E-state index contributed by atoms with van der Waals surface area (Å²) in [5.74, 6) is -2.41. The molecule has 2 amide bonds. The van der Waals surface area contributed by atoms with Crippen molar-refractivity contribution in [1.29, 1.82) is 0 Å². The van der Waals surface area contributed by atoms with Crippen LogP contribution in [0.3, 0.4) is 0 Å². The summed E-state index contributed by atoms with van der Waals surface area (Å²) in [7, 11) is 0. The zero-order chi connectivity index (χ0) is 20.8. The quantitative estimate of drug-likeness (QED) is 0.720. The number of carbonyl (C=O) groups is 3. The van der Waals surface area contributed by atoms with Gasteiger partial charge < -0.3 is 15.3 Å². The minimum absolute atomic E-state index is 0.0471. The lowest BCUT2D eigenvalue weighted by Gasteiger charge is -2.18. The van der Waals surface area contributed by atoms with Gasteiger partial charge in [-0.15, -0.1) is 0 Å². The van der Waals surface area contributed by atoms with Crippen molar-refractivity contribution in [2.45, 2.75) is 26.3 Å². The number of carboxylic acids is 1. The summed E-state index contributed by atoms with van der Waals surface area (Å²) in [5, 5.41) is 12.3. The number of hydrogen-bond acceptors (Lipinski definition) is 3. The Morgan fingerprint density at radius 2 is 1.86 bits per heavy atom. The third kappa shape index (κ3) is 5.67. The number of aryl methyl sites for hydroxylation is 1. The minimum Gasteiger partial charge on any atom is -0.481 e. The fourth-order valence-corrected chi connectivity index (χ4v) is 3.64. The highest BCUT2D eigenvalue weighted by Gasteiger charge is 2.34. The molecule has 0 saturated carbocycles. The highest BCUT2D eigenvalue weighted by atomic mass is 16.4. The first-order valence-electron chi connectivity index (χ1n) is 9.80. The normalized spacial score (nSPS) is 17.2. The van der Waals surface area contributed by atoms with Crippen LogP contribution in [-0.4, -0.2) is 40.9 Å². The van der Waals surface area contributed by atoms with E-state index < -0.39 is 17.8 Å². The predicted molar refractivity (Wildman–Crippen MR) is 109 cm³/mol. The van der Waals surface area contributed by atoms with E-state index in [9.17, 15) is 19.5 Å². The second-order valence-electron chi connectivity index (χ2n) is 7.63. The topological polar surface area (TPSA) is 86.7 Å². The lowest BCUT2D eigenvalue weighted by Crippen LogP contribution is -2.38. The fourth-order valence-electron chi connectivity index (χ4n) is 3.64. The summed E-state index contributed by atoms with van der Waals surface area (Å²) in [5.41, 5.74) is 3.02. The number of nitrogens with one attached hydrogen (secondary N) is 1. The molecule has 0 aromatic heterocycles. The van der Waals surface area contributed by atoms with Crippen molar-refractivity contribution in [3.63, 3.8) is 0 Å². The van der Waals surface area contributed by atoms with Crippen molar-refractivity contribution in [2.75, 3.05) is 13.1 Å². The molecule has 1 aliphatic rings. The van der Waals surface area contributed by atoms with Crippen molar-refractivity contribution in [1.82, 2.24) is 10.2 Å². The Balaban J connectivity index is 1.53. The predicted octanol–water partition coefficient (Wildman–Crippen LogP) is 2.40. The molecule has 2 aromatic carbocycles. The summed E-state index contributed by atoms with van der Waals surface area (Å²) < 4.78 is 0. The molecule has 3 rings (SSSR count). The molecule has 0 spiro atoms. The van der Waals surface area contributed by atoms with E-state index in [1.165, 1.54) is 0 Å². The van der Waals surface area contributed by atoms with Crippen LogP contribution in [0.2, 0.25) is 0 Å². The fraction of sp³-hybridized carbons (Fsp3) is 0.348. The van der Waals surface area contributed by atoms with Crippen LogP contribution in [0.1, 0.15) is 23.1 Å². The Kier molecular flexibility index (Phi) is 6.65. The average molecular weight is 394 g/mol. The molecule has 6 heteroatoms. The molecule has 2 unspecified atom stereocenters. The Morgan fingerprint density at radius 3 is 2.55 bits per heavy atom. The van der Waals surface area contributed by atoms with Crippen molar-refractivity contribution >= 4 is 17.8 Å². The molecule has 0 aliphatic carbocycles. The van der Waals surface area contributed by atoms with E-state index in [1.54, 1.807) is 4.90 Å². The van der Waals surface area contributed by atoms with Gasteiger partial charge in [-0.05, 0) is 24.5 Å². The van der Waals surface area contributed by atoms with E-state index in [2.05, 4.69) is 5.32 Å². The van der Waals surface area contributed by atoms with Gasteiger partial charge in [0.05, 0.1) is 11.8 Å². The van der Waals surface area contributed by atoms with Crippen molar-refractivity contribution in [3.05, 3.63) is 71.3 Å². The summed E-state index contributed by atoms with van der Waals surface area (Å²) in [6.07, 6.45) is 0.509. The summed E-state index contributed by atoms with van der Waals surface area (Å²) >= 11 is 0. The van der Waals surface area contributed by atoms with Crippen molar-refractivity contribution in [3.8, 4) is 0 Å². The maximum absolute atomic E-state index is 12.5. The lowest BCUT2D eigenvalue weighted by molar-refractivity contribution is -0.141. The second kappa shape index (κ2) is 9.37. The highest BCUT2D eigenvalue weighted by Crippen LogP contribution is 2.20. The van der Waals surface area contributed by atoms with Crippen LogP contribution in [0.4, 0.5) is 0 Å². The number of hydrogen-bond donors (Lipinski definition) is 2. The molecule has 152 valence electrons. The van der Waals surface area contributed by atoms with Gasteiger partial charge >= 0.3 is 5.97 Å². The smallest absolute Gasteiger partial charge is 0.308 e. The van der Waals surface area contributed by atoms with Crippen LogP contribution in [0.25, 0.3) is 0 Å². The molecule has 1 aliphatic heterocycles. The van der Waals surface area contributed by atoms with Crippen molar-refractivity contribution in [2.24, 2.45) is 11.8 Å². The summed E-state index contributed by atoms with van der Waals surface area (Å²) in [6, 6.07) is 17.3. The molecule has 6 nitrogen and oxygen atoms in total. The van der Waals surface area contributed by atoms with E-state index in [-0.39, 0.29) is 24.8 Å². The number of carboxylic acid groups (broad SMARTS) is 1. The number of benzene rings is 2. The average Bonchev–Trinajstić information content (AvgIpc) is 3.06. The van der Waals surface area contributed by atoms with Crippen LogP contribution >= 0.6 is 0 Å². The zero-order valence-corrected chi connectivity index (χ0v) is 16.5. The lowest BCUT2D eigenvalue weighted by atomic mass is 9.97. The Hall–Kier alpha value is -3.15. The number of likely N-dealkylation sites (tertiary alicyclic amines) is 1. The largest absolute Gasteiger partial charge is 0.481 e. The van der Waals surface area contributed by atoms with Crippen LogP contribution in [-0.2, 0) is 27.3 Å². The van der Waals surface area contributed by atoms with E-state index in [0.29, 0.717) is 19.5 Å². The molecule has 1 saturated heterocycles. The van der Waals surface area contributed by atoms with E-state index in [0.717, 1.165) is 16.7 Å². The SMILES string of the molecule is Cc1cccc(CC(CNC(=O)C2CC(=O)N(Cc3ccccc3)C2)C(=O)O)c1. The van der Waals surface area contributed by atoms with Gasteiger partial charge in [-0.2, -0.15) is 0 Å². The molecule has 0 radical (unpaired) electrons. The third-order valence-corrected chi connectivity index (χ3v) is 5.24. The van der Waals surface area contributed by atoms with Crippen LogP contribution < -0.4 is 5.32 Å². The van der Waals surface area contributed by atoms with Gasteiger partial charge in [0.2, 0.25) is 11.8 Å². The summed E-state index contributed by atoms with van der Waals surface area (Å²) in [6.45, 7) is 2.84. The van der Waals surface area contributed by atoms with Gasteiger partial charge in [0.25, 0.3) is 0 Å². The molecule has 2 aromatic rings. The molecule has 2 N–H and O–H groups in total. The second-order valence-corrected chi connectivity index (χ2v) is 7.63. The first kappa shape index (κ1) is 20.6. The molecule has 0 bridgehead atoms. The maximum Gasteiger partial charge on any atom is 0.308 e. The molecule has 1 fully saturated rings. The van der Waals surface area contributed by atoms with Gasteiger partial charge in [0, 0.05) is 26.1 Å². The number of amides is 2. The van der Waals surface area contributed by atoms with Gasteiger partial charge in [-0.1, -0.05) is 60.2 Å². The number of rotatable bonds is 8. The molecular weight excluding hydrogens is 368 g/mol. The zero-order valence-electron chi connectivity index (χ0n) is 16.5. The third-order valence-electron chi connectivity index (χ3n) is 5.24. The minimum atomic E-state index is -0.944. The highest BCUT2D eigenvalue weighted by molar-refractivity contribution is 5.89. The first-order valence-corrected chi connectivity index (χ1v) is 9.80. The van der Waals surface area contributed by atoms with E-state index in [1.807, 2.05) is 61.5 Å².